The van der Waals surface area contributed by atoms with E-state index in [0.29, 0.717) is 34.9 Å². The van der Waals surface area contributed by atoms with E-state index in [1.54, 1.807) is 31.4 Å². The molecule has 0 saturated heterocycles. The number of hydrogen-bond acceptors (Lipinski definition) is 7. The van der Waals surface area contributed by atoms with Crippen LogP contribution in [0.25, 0.3) is 22.1 Å². The van der Waals surface area contributed by atoms with Crippen molar-refractivity contribution in [1.82, 2.24) is 14.5 Å². The van der Waals surface area contributed by atoms with E-state index in [-0.39, 0.29) is 18.0 Å². The van der Waals surface area contributed by atoms with Crippen LogP contribution < -0.4 is 20.3 Å². The number of amides is 1. The van der Waals surface area contributed by atoms with Crippen molar-refractivity contribution >= 4 is 33.7 Å². The molecule has 0 aliphatic rings. The zero-order chi connectivity index (χ0) is 24.1. The Morgan fingerprint density at radius 3 is 2.71 bits per heavy atom. The van der Waals surface area contributed by atoms with Crippen LogP contribution in [0, 0.1) is 0 Å². The molecule has 2 aromatic heterocycles. The van der Waals surface area contributed by atoms with Crippen molar-refractivity contribution in [3.63, 3.8) is 0 Å². The first kappa shape index (κ1) is 23.3. The number of likely N-dealkylation sites (N-methyl/N-ethyl adjacent to an activating group) is 1. The van der Waals surface area contributed by atoms with E-state index in [0.717, 1.165) is 25.0 Å². The molecule has 9 heteroatoms. The Kier molecular flexibility index (Phi) is 7.12. The minimum absolute atomic E-state index is 0.129. The Balaban J connectivity index is 1.47. The second-order valence-electron chi connectivity index (χ2n) is 7.74. The predicted octanol–water partition coefficient (Wildman–Crippen LogP) is 3.51. The minimum Gasteiger partial charge on any atom is -0.493 e. The molecule has 1 amide bonds. The maximum Gasteiger partial charge on any atom is 0.297 e. The topological polar surface area (TPSA) is 98.8 Å². The van der Waals surface area contributed by atoms with Crippen LogP contribution in [-0.4, -0.2) is 53.7 Å². The third kappa shape index (κ3) is 4.89. The van der Waals surface area contributed by atoms with Crippen molar-refractivity contribution in [2.24, 2.45) is 0 Å². The lowest BCUT2D eigenvalue weighted by atomic mass is 10.2. The number of furan rings is 1. The van der Waals surface area contributed by atoms with Gasteiger partial charge in [-0.2, -0.15) is 0 Å². The Morgan fingerprint density at radius 1 is 1.15 bits per heavy atom. The fourth-order valence-electron chi connectivity index (χ4n) is 3.77. The van der Waals surface area contributed by atoms with Crippen LogP contribution in [0.4, 0.5) is 5.69 Å². The molecule has 2 aromatic carbocycles. The van der Waals surface area contributed by atoms with Gasteiger partial charge in [0.1, 0.15) is 24.3 Å². The van der Waals surface area contributed by atoms with E-state index in [2.05, 4.69) is 29.0 Å². The van der Waals surface area contributed by atoms with Gasteiger partial charge >= 0.3 is 0 Å². The lowest BCUT2D eigenvalue weighted by Crippen LogP contribution is -2.28. The Morgan fingerprint density at radius 2 is 1.94 bits per heavy atom. The first-order valence-electron chi connectivity index (χ1n) is 11.2. The first-order chi connectivity index (χ1) is 16.5. The van der Waals surface area contributed by atoms with Gasteiger partial charge in [-0.1, -0.05) is 26.0 Å². The highest BCUT2D eigenvalue weighted by Gasteiger charge is 2.15. The third-order valence-corrected chi connectivity index (χ3v) is 5.67. The monoisotopic (exact) mass is 464 g/mol. The van der Waals surface area contributed by atoms with Crippen molar-refractivity contribution in [2.75, 3.05) is 38.7 Å². The predicted molar refractivity (Wildman–Crippen MR) is 131 cm³/mol. The van der Waals surface area contributed by atoms with Gasteiger partial charge in [-0.05, 0) is 37.4 Å². The van der Waals surface area contributed by atoms with Gasteiger partial charge in [-0.25, -0.2) is 4.98 Å². The summed E-state index contributed by atoms with van der Waals surface area (Å²) in [5, 5.41) is 3.56. The molecule has 4 aromatic rings. The summed E-state index contributed by atoms with van der Waals surface area (Å²) in [5.41, 5.74) is 1.32. The highest BCUT2D eigenvalue weighted by atomic mass is 16.5. The number of para-hydroxylation sites is 1. The number of methoxy groups -OCH3 is 1. The number of hydrogen-bond donors (Lipinski definition) is 1. The molecule has 0 fully saturated rings. The number of nitrogens with zero attached hydrogens (tertiary/aromatic N) is 3. The average molecular weight is 465 g/mol. The van der Waals surface area contributed by atoms with E-state index in [4.69, 9.17) is 13.9 Å². The van der Waals surface area contributed by atoms with Crippen molar-refractivity contribution in [3.8, 4) is 11.5 Å². The molecule has 1 N–H and O–H groups in total. The second kappa shape index (κ2) is 10.4. The van der Waals surface area contributed by atoms with Crippen LogP contribution >= 0.6 is 0 Å². The quantitative estimate of drug-likeness (QED) is 0.383. The summed E-state index contributed by atoms with van der Waals surface area (Å²) in [4.78, 5) is 32.1. The van der Waals surface area contributed by atoms with Crippen LogP contribution in [0.5, 0.6) is 11.5 Å². The molecule has 178 valence electrons. The molecule has 0 spiro atoms. The Labute approximate surface area is 196 Å². The molecule has 0 saturated carbocycles. The number of carbonyl (C=O) groups excluding carboxylic acids is 1. The lowest BCUT2D eigenvalue weighted by molar-refractivity contribution is -0.116. The van der Waals surface area contributed by atoms with Gasteiger partial charge < -0.3 is 24.1 Å². The van der Waals surface area contributed by atoms with Gasteiger partial charge in [0.25, 0.3) is 5.56 Å². The van der Waals surface area contributed by atoms with Gasteiger partial charge in [0, 0.05) is 23.7 Å². The van der Waals surface area contributed by atoms with Crippen molar-refractivity contribution in [1.29, 1.82) is 0 Å². The van der Waals surface area contributed by atoms with E-state index >= 15 is 0 Å². The standard InChI is InChI=1S/C25H28N4O5/c1-4-28(5-2)12-13-33-21-14-17(10-11-20(21)32-3)27-22(30)15-29-16-26-23-18-8-6-7-9-19(18)34-24(23)25(29)31/h6-11,14,16H,4-5,12-13,15H2,1-3H3,(H,27,30). The molecule has 0 aliphatic carbocycles. The van der Waals surface area contributed by atoms with Gasteiger partial charge in [0.05, 0.1) is 13.4 Å². The number of ether oxygens (including phenoxy) is 2. The molecule has 0 atom stereocenters. The molecule has 0 bridgehead atoms. The van der Waals surface area contributed by atoms with Gasteiger partial charge in [0.2, 0.25) is 11.5 Å². The van der Waals surface area contributed by atoms with Crippen molar-refractivity contribution in [3.05, 3.63) is 59.1 Å². The largest absolute Gasteiger partial charge is 0.493 e. The summed E-state index contributed by atoms with van der Waals surface area (Å²) in [6.45, 7) is 7.17. The maximum atomic E-state index is 12.9. The van der Waals surface area contributed by atoms with E-state index in [1.165, 1.54) is 10.9 Å². The lowest BCUT2D eigenvalue weighted by Gasteiger charge is -2.19. The first-order valence-corrected chi connectivity index (χ1v) is 11.2. The Bertz CT molecular complexity index is 1360. The number of aromatic nitrogens is 2. The number of anilines is 1. The number of fused-ring (bicyclic) bond motifs is 3. The van der Waals surface area contributed by atoms with Crippen molar-refractivity contribution < 1.29 is 18.7 Å². The SMILES string of the molecule is CCN(CC)CCOc1cc(NC(=O)Cn2cnc3c(oc4ccccc43)c2=O)ccc1OC. The van der Waals surface area contributed by atoms with Gasteiger partial charge in [-0.3, -0.25) is 14.2 Å². The second-order valence-corrected chi connectivity index (χ2v) is 7.74. The van der Waals surface area contributed by atoms with Gasteiger partial charge in [0.15, 0.2) is 11.5 Å². The summed E-state index contributed by atoms with van der Waals surface area (Å²) in [7, 11) is 1.57. The van der Waals surface area contributed by atoms with Crippen LogP contribution in [0.15, 0.2) is 58.0 Å². The van der Waals surface area contributed by atoms with E-state index in [1.807, 2.05) is 18.2 Å². The van der Waals surface area contributed by atoms with E-state index < -0.39 is 5.56 Å². The number of carbonyl (C=O) groups is 1. The van der Waals surface area contributed by atoms with Crippen LogP contribution in [0.2, 0.25) is 0 Å². The normalized spacial score (nSPS) is 11.3. The zero-order valence-electron chi connectivity index (χ0n) is 19.5. The molecule has 0 radical (unpaired) electrons. The molecular formula is C25H28N4O5. The number of rotatable bonds is 10. The van der Waals surface area contributed by atoms with Crippen molar-refractivity contribution in [2.45, 2.75) is 20.4 Å². The number of nitrogens with one attached hydrogen (secondary N) is 1. The minimum atomic E-state index is -0.411. The summed E-state index contributed by atoms with van der Waals surface area (Å²) in [5.74, 6) is 0.738. The highest BCUT2D eigenvalue weighted by Crippen LogP contribution is 2.30. The molecule has 4 rings (SSSR count). The smallest absolute Gasteiger partial charge is 0.297 e. The summed E-state index contributed by atoms with van der Waals surface area (Å²) in [6, 6.07) is 12.5. The molecular weight excluding hydrogens is 436 g/mol. The van der Waals surface area contributed by atoms with Crippen LogP contribution in [0.1, 0.15) is 13.8 Å². The average Bonchev–Trinajstić information content (AvgIpc) is 3.23. The fraction of sp³-hybridized carbons (Fsp3) is 0.320. The van der Waals surface area contributed by atoms with Gasteiger partial charge in [-0.15, -0.1) is 0 Å². The van der Waals surface area contributed by atoms with Crippen LogP contribution in [0.3, 0.4) is 0 Å². The number of benzene rings is 2. The molecule has 0 aliphatic heterocycles. The summed E-state index contributed by atoms with van der Waals surface area (Å²) in [6.07, 6.45) is 1.36. The fourth-order valence-corrected chi connectivity index (χ4v) is 3.77. The van der Waals surface area contributed by atoms with E-state index in [9.17, 15) is 9.59 Å². The molecule has 0 unspecified atom stereocenters. The molecule has 9 nitrogen and oxygen atoms in total. The molecule has 2 heterocycles. The van der Waals surface area contributed by atoms with Crippen LogP contribution in [-0.2, 0) is 11.3 Å². The third-order valence-electron chi connectivity index (χ3n) is 5.67. The zero-order valence-corrected chi connectivity index (χ0v) is 19.5. The molecule has 34 heavy (non-hydrogen) atoms. The maximum absolute atomic E-state index is 12.9. The summed E-state index contributed by atoms with van der Waals surface area (Å²) >= 11 is 0. The summed E-state index contributed by atoms with van der Waals surface area (Å²) < 4.78 is 18.2. The Hall–Kier alpha value is -3.85. The highest BCUT2D eigenvalue weighted by molar-refractivity contribution is 6.01.